The van der Waals surface area contributed by atoms with Gasteiger partial charge in [0.25, 0.3) is 0 Å². The molecule has 0 bridgehead atoms. The van der Waals surface area contributed by atoms with Gasteiger partial charge in [-0.05, 0) is 5.56 Å². The van der Waals surface area contributed by atoms with Gasteiger partial charge in [-0.1, -0.05) is 41.9 Å². The van der Waals surface area contributed by atoms with E-state index in [1.165, 1.54) is 0 Å². The highest BCUT2D eigenvalue weighted by atomic mass is 35.5. The van der Waals surface area contributed by atoms with Gasteiger partial charge in [0.05, 0.1) is 17.5 Å². The summed E-state index contributed by atoms with van der Waals surface area (Å²) in [6.07, 6.45) is 1.72. The molecule has 72 valence electrons. The Labute approximate surface area is 91.7 Å². The lowest BCUT2D eigenvalue weighted by atomic mass is 10.1. The van der Waals surface area contributed by atoms with Crippen LogP contribution in [0.3, 0.4) is 0 Å². The highest BCUT2D eigenvalue weighted by Crippen LogP contribution is 2.16. The highest BCUT2D eigenvalue weighted by Gasteiger charge is 2.10. The molecule has 1 aromatic carbocycles. The van der Waals surface area contributed by atoms with Gasteiger partial charge in [0.1, 0.15) is 0 Å². The maximum atomic E-state index is 5.76. The Bertz CT molecular complexity index is 386. The lowest BCUT2D eigenvalue weighted by molar-refractivity contribution is 0.425. The standard InChI is InChI=1S/C9H7Cl2N3/c10-9-6-8(12-14(11)13-9)7-4-2-1-3-5-7/h1-6,12H. The van der Waals surface area contributed by atoms with Crippen molar-refractivity contribution in [3.05, 3.63) is 42.0 Å². The second-order valence-electron chi connectivity index (χ2n) is 2.72. The summed E-state index contributed by atoms with van der Waals surface area (Å²) in [6, 6.07) is 9.74. The maximum absolute atomic E-state index is 5.76. The molecule has 1 aromatic rings. The molecule has 1 aliphatic rings. The SMILES string of the molecule is ClC1=NN(Cl)NC(c2ccccc2)=C1. The zero-order chi connectivity index (χ0) is 9.97. The summed E-state index contributed by atoms with van der Waals surface area (Å²) < 4.78 is 1.06. The molecule has 5 heteroatoms. The van der Waals surface area contributed by atoms with Gasteiger partial charge in [-0.15, -0.1) is 9.74 Å². The van der Waals surface area contributed by atoms with E-state index in [9.17, 15) is 0 Å². The van der Waals surface area contributed by atoms with E-state index in [4.69, 9.17) is 23.4 Å². The predicted molar refractivity (Wildman–Crippen MR) is 58.5 cm³/mol. The quantitative estimate of drug-likeness (QED) is 0.748. The topological polar surface area (TPSA) is 27.6 Å². The van der Waals surface area contributed by atoms with Crippen LogP contribution in [0.15, 0.2) is 41.5 Å². The van der Waals surface area contributed by atoms with E-state index in [1.807, 2.05) is 30.3 Å². The predicted octanol–water partition coefficient (Wildman–Crippen LogP) is 2.55. The molecule has 1 heterocycles. The van der Waals surface area contributed by atoms with Crippen LogP contribution in [0.4, 0.5) is 0 Å². The van der Waals surface area contributed by atoms with Crippen LogP contribution in [0.25, 0.3) is 5.70 Å². The number of halogens is 2. The second-order valence-corrected chi connectivity index (χ2v) is 3.43. The summed E-state index contributed by atoms with van der Waals surface area (Å²) in [5.74, 6) is 0. The molecule has 0 atom stereocenters. The van der Waals surface area contributed by atoms with Crippen LogP contribution >= 0.6 is 23.4 Å². The van der Waals surface area contributed by atoms with E-state index >= 15 is 0 Å². The second kappa shape index (κ2) is 3.90. The lowest BCUT2D eigenvalue weighted by Crippen LogP contribution is -2.27. The first kappa shape index (κ1) is 9.37. The molecule has 0 spiro atoms. The third-order valence-corrected chi connectivity index (χ3v) is 2.09. The first-order valence-electron chi connectivity index (χ1n) is 3.99. The highest BCUT2D eigenvalue weighted by molar-refractivity contribution is 6.69. The first-order chi connectivity index (χ1) is 6.75. The van der Waals surface area contributed by atoms with Gasteiger partial charge in [0, 0.05) is 6.08 Å². The molecule has 0 fully saturated rings. The van der Waals surface area contributed by atoms with Crippen molar-refractivity contribution in [2.75, 3.05) is 0 Å². The van der Waals surface area contributed by atoms with Gasteiger partial charge < -0.3 is 0 Å². The first-order valence-corrected chi connectivity index (χ1v) is 4.71. The van der Waals surface area contributed by atoms with Crippen LogP contribution < -0.4 is 5.43 Å². The van der Waals surface area contributed by atoms with Crippen molar-refractivity contribution in [2.24, 2.45) is 5.10 Å². The van der Waals surface area contributed by atoms with Gasteiger partial charge >= 0.3 is 0 Å². The normalized spacial score (nSPS) is 15.7. The van der Waals surface area contributed by atoms with Crippen molar-refractivity contribution < 1.29 is 0 Å². The third-order valence-electron chi connectivity index (χ3n) is 1.74. The summed E-state index contributed by atoms with van der Waals surface area (Å²) in [5.41, 5.74) is 4.68. The molecule has 3 nitrogen and oxygen atoms in total. The molecule has 0 aliphatic carbocycles. The van der Waals surface area contributed by atoms with E-state index in [2.05, 4.69) is 10.5 Å². The molecule has 0 saturated heterocycles. The van der Waals surface area contributed by atoms with Crippen molar-refractivity contribution in [2.45, 2.75) is 0 Å². The zero-order valence-electron chi connectivity index (χ0n) is 7.11. The summed E-state index contributed by atoms with van der Waals surface area (Å²) in [5, 5.41) is 4.10. The number of nitrogens with one attached hydrogen (secondary N) is 1. The van der Waals surface area contributed by atoms with Gasteiger partial charge in [0.2, 0.25) is 0 Å². The van der Waals surface area contributed by atoms with Crippen molar-refractivity contribution in [3.8, 4) is 0 Å². The molecule has 2 rings (SSSR count). The van der Waals surface area contributed by atoms with E-state index in [1.54, 1.807) is 6.08 Å². The molecule has 0 saturated carbocycles. The molecule has 1 aliphatic heterocycles. The largest absolute Gasteiger partial charge is 0.266 e. The molecule has 0 unspecified atom stereocenters. The third kappa shape index (κ3) is 2.00. The van der Waals surface area contributed by atoms with E-state index in [0.29, 0.717) is 5.17 Å². The van der Waals surface area contributed by atoms with E-state index in [0.717, 1.165) is 15.9 Å². The Balaban J connectivity index is 2.33. The van der Waals surface area contributed by atoms with Crippen LogP contribution in [-0.2, 0) is 0 Å². The number of rotatable bonds is 1. The Morgan fingerprint density at radius 3 is 2.57 bits per heavy atom. The van der Waals surface area contributed by atoms with Gasteiger partial charge in [-0.3, -0.25) is 5.43 Å². The number of benzene rings is 1. The van der Waals surface area contributed by atoms with E-state index < -0.39 is 0 Å². The fraction of sp³-hybridized carbons (Fsp3) is 0. The van der Waals surface area contributed by atoms with Crippen LogP contribution in [0.1, 0.15) is 5.56 Å². The molecule has 0 aromatic heterocycles. The van der Waals surface area contributed by atoms with Crippen LogP contribution in [0.5, 0.6) is 0 Å². The Hall–Kier alpha value is -1.19. The number of hydrazine groups is 1. The lowest BCUT2D eigenvalue weighted by Gasteiger charge is -2.19. The Morgan fingerprint density at radius 1 is 1.21 bits per heavy atom. The summed E-state index contributed by atoms with van der Waals surface area (Å²) in [6.45, 7) is 0. The molecule has 1 N–H and O–H groups in total. The molecular formula is C9H7Cl2N3. The minimum Gasteiger partial charge on any atom is -0.266 e. The number of hydrogen-bond donors (Lipinski definition) is 1. The van der Waals surface area contributed by atoms with Crippen molar-refractivity contribution in [3.63, 3.8) is 0 Å². The maximum Gasteiger partial charge on any atom is 0.154 e. The zero-order valence-corrected chi connectivity index (χ0v) is 8.63. The smallest absolute Gasteiger partial charge is 0.154 e. The van der Waals surface area contributed by atoms with Gasteiger partial charge in [-0.25, -0.2) is 0 Å². The molecular weight excluding hydrogens is 221 g/mol. The number of hydrogen-bond acceptors (Lipinski definition) is 3. The van der Waals surface area contributed by atoms with E-state index in [-0.39, 0.29) is 0 Å². The number of nitrogens with zero attached hydrogens (tertiary/aromatic N) is 2. The number of allylic oxidation sites excluding steroid dienone is 1. The minimum absolute atomic E-state index is 0.345. The van der Waals surface area contributed by atoms with Crippen molar-refractivity contribution in [1.29, 1.82) is 0 Å². The summed E-state index contributed by atoms with van der Waals surface area (Å²) in [4.78, 5) is 0. The Morgan fingerprint density at radius 2 is 1.93 bits per heavy atom. The summed E-state index contributed by atoms with van der Waals surface area (Å²) >= 11 is 11.4. The number of hydrazone groups is 1. The molecule has 0 radical (unpaired) electrons. The average molecular weight is 228 g/mol. The van der Waals surface area contributed by atoms with Crippen LogP contribution in [-0.4, -0.2) is 9.81 Å². The van der Waals surface area contributed by atoms with Gasteiger partial charge in [0.15, 0.2) is 5.17 Å². The monoisotopic (exact) mass is 227 g/mol. The van der Waals surface area contributed by atoms with Crippen LogP contribution in [0, 0.1) is 0 Å². The minimum atomic E-state index is 0.345. The van der Waals surface area contributed by atoms with Crippen molar-refractivity contribution in [1.82, 2.24) is 10.1 Å². The van der Waals surface area contributed by atoms with Gasteiger partial charge in [-0.2, -0.15) is 0 Å². The fourth-order valence-corrected chi connectivity index (χ4v) is 1.55. The average Bonchev–Trinajstić information content (AvgIpc) is 2.18. The van der Waals surface area contributed by atoms with Crippen molar-refractivity contribution >= 4 is 34.2 Å². The molecule has 0 amide bonds. The molecule has 14 heavy (non-hydrogen) atoms. The Kier molecular flexibility index (Phi) is 2.61. The fourth-order valence-electron chi connectivity index (χ4n) is 1.15. The van der Waals surface area contributed by atoms with Crippen LogP contribution in [0.2, 0.25) is 0 Å². The summed E-state index contributed by atoms with van der Waals surface area (Å²) in [7, 11) is 0.